The molecule has 1 aromatic heterocycles. The highest BCUT2D eigenvalue weighted by Crippen LogP contribution is 2.13. The highest BCUT2D eigenvalue weighted by molar-refractivity contribution is 5.63. The van der Waals surface area contributed by atoms with Crippen molar-refractivity contribution in [3.05, 3.63) is 24.3 Å². The predicted octanol–water partition coefficient (Wildman–Crippen LogP) is 0.550. The number of nitrogens with zero attached hydrogens (tertiary/aromatic N) is 1. The number of nitrogens with one attached hydrogen (secondary N) is 1. The number of aromatic nitrogens is 1. The Labute approximate surface area is 57.4 Å². The van der Waals surface area contributed by atoms with Crippen molar-refractivity contribution >= 4 is 5.57 Å². The van der Waals surface area contributed by atoms with Crippen LogP contribution in [0.2, 0.25) is 0 Å². The zero-order valence-corrected chi connectivity index (χ0v) is 5.20. The third kappa shape index (κ3) is 0.784. The fraction of sp³-hybridized carbons (Fsp3) is 0.167. The Bertz CT molecular complexity index is 240. The molecule has 1 aromatic rings. The summed E-state index contributed by atoms with van der Waals surface area (Å²) in [6.07, 6.45) is 3.16. The molecule has 1 aliphatic rings. The van der Waals surface area contributed by atoms with Crippen LogP contribution in [0.25, 0.3) is 5.57 Å². The summed E-state index contributed by atoms with van der Waals surface area (Å²) in [5.74, 6) is 0. The Kier molecular flexibility index (Phi) is 1.18. The molecule has 4 heteroatoms. The lowest BCUT2D eigenvalue weighted by Crippen LogP contribution is -2.05. The lowest BCUT2D eigenvalue weighted by molar-refractivity contribution is 0.168. The average molecular weight is 138 g/mol. The summed E-state index contributed by atoms with van der Waals surface area (Å²) in [6.45, 7) is 0.687. The topological polar surface area (TPSA) is 47.3 Å². The van der Waals surface area contributed by atoms with Crippen molar-refractivity contribution in [2.75, 3.05) is 6.54 Å². The van der Waals surface area contributed by atoms with Crippen LogP contribution in [0.3, 0.4) is 0 Å². The first-order valence-corrected chi connectivity index (χ1v) is 2.95. The Hall–Kier alpha value is -1.29. The van der Waals surface area contributed by atoms with Crippen molar-refractivity contribution in [2.45, 2.75) is 0 Å². The number of hydroxylamine groups is 1. The van der Waals surface area contributed by atoms with E-state index in [0.717, 1.165) is 11.3 Å². The van der Waals surface area contributed by atoms with Gasteiger partial charge in [0.25, 0.3) is 0 Å². The second-order valence-corrected chi connectivity index (χ2v) is 1.97. The van der Waals surface area contributed by atoms with Gasteiger partial charge >= 0.3 is 0 Å². The Morgan fingerprint density at radius 2 is 2.60 bits per heavy atom. The number of hydrogen-bond acceptors (Lipinski definition) is 4. The minimum atomic E-state index is 0.687. The molecule has 2 rings (SSSR count). The molecule has 0 atom stereocenters. The number of rotatable bonds is 1. The van der Waals surface area contributed by atoms with Crippen molar-refractivity contribution in [1.82, 2.24) is 10.6 Å². The smallest absolute Gasteiger partial charge is 0.124 e. The van der Waals surface area contributed by atoms with Gasteiger partial charge in [-0.25, -0.2) is 0 Å². The van der Waals surface area contributed by atoms with E-state index in [-0.39, 0.29) is 0 Å². The molecule has 0 fully saturated rings. The van der Waals surface area contributed by atoms with Gasteiger partial charge in [0.1, 0.15) is 18.2 Å². The van der Waals surface area contributed by atoms with E-state index in [2.05, 4.69) is 15.2 Å². The van der Waals surface area contributed by atoms with Gasteiger partial charge < -0.3 is 9.36 Å². The molecule has 52 valence electrons. The third-order valence-corrected chi connectivity index (χ3v) is 1.31. The zero-order valence-electron chi connectivity index (χ0n) is 5.20. The van der Waals surface area contributed by atoms with Crippen LogP contribution >= 0.6 is 0 Å². The Balaban J connectivity index is 2.28. The third-order valence-electron chi connectivity index (χ3n) is 1.31. The van der Waals surface area contributed by atoms with Gasteiger partial charge in [0.05, 0.1) is 6.54 Å². The molecule has 4 nitrogen and oxygen atoms in total. The molecule has 0 aromatic carbocycles. The average Bonchev–Trinajstić information content (AvgIpc) is 2.59. The summed E-state index contributed by atoms with van der Waals surface area (Å²) in [4.78, 5) is 4.79. The lowest BCUT2D eigenvalue weighted by atomic mass is 10.2. The molecule has 2 heterocycles. The minimum absolute atomic E-state index is 0.687. The zero-order chi connectivity index (χ0) is 6.81. The van der Waals surface area contributed by atoms with E-state index in [4.69, 9.17) is 4.84 Å². The van der Waals surface area contributed by atoms with Crippen molar-refractivity contribution < 1.29 is 9.36 Å². The van der Waals surface area contributed by atoms with Crippen molar-refractivity contribution in [3.8, 4) is 0 Å². The van der Waals surface area contributed by atoms with Crippen LogP contribution < -0.4 is 5.48 Å². The second-order valence-electron chi connectivity index (χ2n) is 1.97. The standard InChI is InChI=1S/C6H6N2O2/c1-2-9-8-6(1)5-3-7-10-4-5/h1-2,4,7H,3H2. The summed E-state index contributed by atoms with van der Waals surface area (Å²) in [5, 5.41) is 3.73. The maximum atomic E-state index is 4.79. The van der Waals surface area contributed by atoms with Crippen LogP contribution in [0, 0.1) is 0 Å². The largest absolute Gasteiger partial charge is 0.416 e. The summed E-state index contributed by atoms with van der Waals surface area (Å²) in [6, 6.07) is 1.79. The summed E-state index contributed by atoms with van der Waals surface area (Å²) in [5.41, 5.74) is 4.52. The van der Waals surface area contributed by atoms with Crippen molar-refractivity contribution in [3.63, 3.8) is 0 Å². The van der Waals surface area contributed by atoms with Crippen molar-refractivity contribution in [2.24, 2.45) is 0 Å². The van der Waals surface area contributed by atoms with E-state index in [0.29, 0.717) is 6.54 Å². The van der Waals surface area contributed by atoms with Crippen LogP contribution in [-0.4, -0.2) is 11.7 Å². The molecule has 0 spiro atoms. The number of hydrogen-bond donors (Lipinski definition) is 1. The fourth-order valence-corrected chi connectivity index (χ4v) is 0.803. The molecule has 0 bridgehead atoms. The first-order valence-electron chi connectivity index (χ1n) is 2.95. The van der Waals surface area contributed by atoms with E-state index in [1.54, 1.807) is 12.3 Å². The van der Waals surface area contributed by atoms with Crippen LogP contribution in [0.4, 0.5) is 0 Å². The van der Waals surface area contributed by atoms with Crippen LogP contribution in [-0.2, 0) is 4.84 Å². The molecule has 1 N–H and O–H groups in total. The first kappa shape index (κ1) is 5.49. The van der Waals surface area contributed by atoms with Gasteiger partial charge in [-0.2, -0.15) is 5.48 Å². The van der Waals surface area contributed by atoms with E-state index >= 15 is 0 Å². The molecule has 0 aliphatic carbocycles. The maximum Gasteiger partial charge on any atom is 0.124 e. The molecule has 0 saturated heterocycles. The van der Waals surface area contributed by atoms with Crippen molar-refractivity contribution in [1.29, 1.82) is 0 Å². The maximum absolute atomic E-state index is 4.79. The molecule has 0 saturated carbocycles. The Morgan fingerprint density at radius 1 is 1.60 bits per heavy atom. The van der Waals surface area contributed by atoms with E-state index in [9.17, 15) is 0 Å². The van der Waals surface area contributed by atoms with Gasteiger partial charge in [0.15, 0.2) is 0 Å². The van der Waals surface area contributed by atoms with Crippen LogP contribution in [0.1, 0.15) is 5.69 Å². The molecule has 1 aliphatic heterocycles. The van der Waals surface area contributed by atoms with Gasteiger partial charge in [-0.3, -0.25) is 0 Å². The summed E-state index contributed by atoms with van der Waals surface area (Å²) in [7, 11) is 0. The summed E-state index contributed by atoms with van der Waals surface area (Å²) >= 11 is 0. The summed E-state index contributed by atoms with van der Waals surface area (Å²) < 4.78 is 4.65. The Morgan fingerprint density at radius 3 is 3.20 bits per heavy atom. The van der Waals surface area contributed by atoms with Gasteiger partial charge in [-0.1, -0.05) is 5.16 Å². The highest BCUT2D eigenvalue weighted by Gasteiger charge is 2.09. The minimum Gasteiger partial charge on any atom is -0.416 e. The van der Waals surface area contributed by atoms with Gasteiger partial charge in [-0.15, -0.1) is 0 Å². The van der Waals surface area contributed by atoms with Gasteiger partial charge in [0.2, 0.25) is 0 Å². The lowest BCUT2D eigenvalue weighted by Gasteiger charge is -1.87. The normalized spacial score (nSPS) is 16.6. The molecule has 10 heavy (non-hydrogen) atoms. The molecule has 0 radical (unpaired) electrons. The quantitative estimate of drug-likeness (QED) is 0.615. The van der Waals surface area contributed by atoms with Gasteiger partial charge in [0, 0.05) is 11.6 Å². The monoisotopic (exact) mass is 138 g/mol. The van der Waals surface area contributed by atoms with Gasteiger partial charge in [-0.05, 0) is 0 Å². The van der Waals surface area contributed by atoms with E-state index in [1.165, 1.54) is 6.26 Å². The molecular formula is C6H6N2O2. The molecular weight excluding hydrogens is 132 g/mol. The second kappa shape index (κ2) is 2.15. The first-order chi connectivity index (χ1) is 4.97. The SMILES string of the molecule is C1=C(c2ccon2)CNO1. The van der Waals surface area contributed by atoms with E-state index in [1.807, 2.05) is 0 Å². The van der Waals surface area contributed by atoms with Crippen LogP contribution in [0.5, 0.6) is 0 Å². The fourth-order valence-electron chi connectivity index (χ4n) is 0.803. The van der Waals surface area contributed by atoms with Crippen LogP contribution in [0.15, 0.2) is 23.1 Å². The highest BCUT2D eigenvalue weighted by atomic mass is 16.6. The predicted molar refractivity (Wildman–Crippen MR) is 33.6 cm³/mol. The van der Waals surface area contributed by atoms with E-state index < -0.39 is 0 Å². The molecule has 0 unspecified atom stereocenters. The molecule has 0 amide bonds.